The lowest BCUT2D eigenvalue weighted by Crippen LogP contribution is -2.29. The third-order valence-corrected chi connectivity index (χ3v) is 5.84. The van der Waals surface area contributed by atoms with E-state index in [1.54, 1.807) is 0 Å². The Morgan fingerprint density at radius 3 is 2.50 bits per heavy atom. The Morgan fingerprint density at radius 2 is 1.89 bits per heavy atom. The fourth-order valence-corrected chi connectivity index (χ4v) is 4.80. The quantitative estimate of drug-likeness (QED) is 0.341. The van der Waals surface area contributed by atoms with Crippen molar-refractivity contribution in [2.24, 2.45) is 7.05 Å². The molecule has 2 aromatic carbocycles. The monoisotopic (exact) mass is 541 g/mol. The predicted octanol–water partition coefficient (Wildman–Crippen LogP) is 5.57. The van der Waals surface area contributed by atoms with Gasteiger partial charge in [0.1, 0.15) is 12.4 Å². The molecular weight excluding hydrogens is 533 g/mol. The molecule has 0 radical (unpaired) electrons. The molecule has 0 bridgehead atoms. The molecule has 0 aliphatic carbocycles. The van der Waals surface area contributed by atoms with E-state index in [0.717, 1.165) is 16.7 Å². The van der Waals surface area contributed by atoms with Crippen LogP contribution in [0.25, 0.3) is 11.0 Å². The van der Waals surface area contributed by atoms with Crippen LogP contribution in [0.2, 0.25) is 5.02 Å². The summed E-state index contributed by atoms with van der Waals surface area (Å²) in [5.41, 5.74) is -0.113. The van der Waals surface area contributed by atoms with Crippen molar-refractivity contribution in [3.8, 4) is 0 Å². The Bertz CT molecular complexity index is 1180. The smallest absolute Gasteiger partial charge is 0.313 e. The van der Waals surface area contributed by atoms with Gasteiger partial charge in [0.25, 0.3) is 0 Å². The summed E-state index contributed by atoms with van der Waals surface area (Å²) in [6.45, 7) is -1.36. The molecule has 0 aliphatic heterocycles. The highest BCUT2D eigenvalue weighted by molar-refractivity contribution is 9.11. The number of nitrogens with zero attached hydrogens (tertiary/aromatic N) is 2. The molecule has 0 spiro atoms. The summed E-state index contributed by atoms with van der Waals surface area (Å²) in [6.07, 6.45) is -4.53. The van der Waals surface area contributed by atoms with E-state index >= 15 is 0 Å². The van der Waals surface area contributed by atoms with Gasteiger partial charge in [-0.3, -0.25) is 10.2 Å². The molecule has 0 saturated carbocycles. The van der Waals surface area contributed by atoms with Crippen LogP contribution >= 0.6 is 43.5 Å². The molecule has 1 aromatic heterocycles. The Hall–Kier alpha value is -1.65. The summed E-state index contributed by atoms with van der Waals surface area (Å²) in [7, 11) is 1.42. The third-order valence-electron chi connectivity index (χ3n) is 4.11. The average Bonchev–Trinajstić information content (AvgIpc) is 2.80. The molecule has 11 heteroatoms. The van der Waals surface area contributed by atoms with Gasteiger partial charge in [-0.1, -0.05) is 11.6 Å². The van der Waals surface area contributed by atoms with Crippen LogP contribution in [0.5, 0.6) is 0 Å². The number of imidazole rings is 1. The molecule has 1 heterocycles. The average molecular weight is 544 g/mol. The fourth-order valence-electron chi connectivity index (χ4n) is 2.88. The minimum absolute atomic E-state index is 0.0329. The predicted molar refractivity (Wildman–Crippen MR) is 103 cm³/mol. The number of carbonyl (C=O) groups is 1. The van der Waals surface area contributed by atoms with Crippen molar-refractivity contribution < 1.29 is 22.4 Å². The Morgan fingerprint density at radius 1 is 1.25 bits per heavy atom. The molecule has 0 atom stereocenters. The number of ketones is 1. The molecule has 1 N–H and O–H groups in total. The molecule has 0 amide bonds. The number of benzene rings is 2. The second-order valence-corrected chi connectivity index (χ2v) is 8.01. The maximum absolute atomic E-state index is 13.6. The van der Waals surface area contributed by atoms with Crippen LogP contribution in [-0.2, 0) is 13.6 Å². The molecule has 0 aliphatic rings. The highest BCUT2D eigenvalue weighted by atomic mass is 79.9. The number of nitrogens with one attached hydrogen (secondary N) is 1. The fraction of sp³-hybridized carbons (Fsp3) is 0.176. The van der Waals surface area contributed by atoms with Crippen molar-refractivity contribution in [1.82, 2.24) is 9.13 Å². The van der Waals surface area contributed by atoms with Gasteiger partial charge in [0.05, 0.1) is 26.1 Å². The van der Waals surface area contributed by atoms with Gasteiger partial charge in [-0.25, -0.2) is 4.39 Å². The molecular formula is C17H10Br2ClF4N3O. The van der Waals surface area contributed by atoms with Gasteiger partial charge >= 0.3 is 6.18 Å². The number of halogens is 7. The van der Waals surface area contributed by atoms with Crippen LogP contribution in [0.3, 0.4) is 0 Å². The van der Waals surface area contributed by atoms with E-state index in [1.165, 1.54) is 23.7 Å². The highest BCUT2D eigenvalue weighted by Gasteiger charge is 2.31. The topological polar surface area (TPSA) is 50.8 Å². The molecule has 0 saturated heterocycles. The van der Waals surface area contributed by atoms with Crippen molar-refractivity contribution >= 4 is 60.3 Å². The number of aromatic nitrogens is 2. The molecule has 0 fully saturated rings. The first-order valence-corrected chi connectivity index (χ1v) is 9.57. The maximum Gasteiger partial charge on any atom is 0.406 e. The summed E-state index contributed by atoms with van der Waals surface area (Å²) in [4.78, 5) is 13.0. The molecule has 3 rings (SSSR count). The Labute approximate surface area is 177 Å². The minimum atomic E-state index is -4.53. The summed E-state index contributed by atoms with van der Waals surface area (Å²) < 4.78 is 54.7. The van der Waals surface area contributed by atoms with Gasteiger partial charge < -0.3 is 9.13 Å². The van der Waals surface area contributed by atoms with Crippen molar-refractivity contribution in [1.29, 1.82) is 5.41 Å². The van der Waals surface area contributed by atoms with Crippen molar-refractivity contribution in [3.05, 3.63) is 60.8 Å². The van der Waals surface area contributed by atoms with Crippen molar-refractivity contribution in [3.63, 3.8) is 0 Å². The molecule has 4 nitrogen and oxygen atoms in total. The SMILES string of the molecule is Cn1c(=N)n(CC(F)(F)F)c2cc(Br)c(C(=O)c3cc(F)ccc3Cl)c(Br)c21. The van der Waals surface area contributed by atoms with Crippen LogP contribution < -0.4 is 5.62 Å². The van der Waals surface area contributed by atoms with Crippen LogP contribution in [0.15, 0.2) is 33.2 Å². The number of carbonyl (C=O) groups excluding carboxylic acids is 1. The summed E-state index contributed by atoms with van der Waals surface area (Å²) in [5, 5.41) is 8.04. The molecule has 0 unspecified atom stereocenters. The van der Waals surface area contributed by atoms with E-state index in [-0.39, 0.29) is 36.1 Å². The summed E-state index contributed by atoms with van der Waals surface area (Å²) in [6, 6.07) is 4.66. The highest BCUT2D eigenvalue weighted by Crippen LogP contribution is 2.36. The number of fused-ring (bicyclic) bond motifs is 1. The van der Waals surface area contributed by atoms with E-state index in [9.17, 15) is 22.4 Å². The number of aryl methyl sites for hydroxylation is 1. The first kappa shape index (κ1) is 21.1. The van der Waals surface area contributed by atoms with E-state index < -0.39 is 29.9 Å². The Kier molecular flexibility index (Phi) is 5.50. The third kappa shape index (κ3) is 3.65. The van der Waals surface area contributed by atoms with Crippen LogP contribution in [0.4, 0.5) is 17.6 Å². The van der Waals surface area contributed by atoms with Gasteiger partial charge in [0, 0.05) is 17.1 Å². The zero-order valence-electron chi connectivity index (χ0n) is 14.0. The zero-order chi connectivity index (χ0) is 21.0. The lowest BCUT2D eigenvalue weighted by atomic mass is 10.0. The van der Waals surface area contributed by atoms with E-state index in [1.807, 2.05) is 0 Å². The first-order valence-electron chi connectivity index (χ1n) is 7.60. The number of alkyl halides is 3. The van der Waals surface area contributed by atoms with Gasteiger partial charge in [-0.15, -0.1) is 0 Å². The molecule has 148 valence electrons. The number of rotatable bonds is 3. The second kappa shape index (κ2) is 7.31. The normalized spacial score (nSPS) is 12.0. The van der Waals surface area contributed by atoms with E-state index in [0.29, 0.717) is 0 Å². The van der Waals surface area contributed by atoms with Crippen LogP contribution in [-0.4, -0.2) is 21.1 Å². The largest absolute Gasteiger partial charge is 0.406 e. The second-order valence-electron chi connectivity index (χ2n) is 5.95. The molecule has 28 heavy (non-hydrogen) atoms. The maximum atomic E-state index is 13.6. The van der Waals surface area contributed by atoms with Gasteiger partial charge in [0.2, 0.25) is 5.62 Å². The zero-order valence-corrected chi connectivity index (χ0v) is 17.9. The first-order chi connectivity index (χ1) is 12.9. The van der Waals surface area contributed by atoms with E-state index in [4.69, 9.17) is 17.0 Å². The van der Waals surface area contributed by atoms with Gasteiger partial charge in [0.15, 0.2) is 5.78 Å². The summed E-state index contributed by atoms with van der Waals surface area (Å²) >= 11 is 12.5. The Balaban J connectivity index is 2.30. The summed E-state index contributed by atoms with van der Waals surface area (Å²) in [5.74, 6) is -1.28. The number of hydrogen-bond acceptors (Lipinski definition) is 2. The minimum Gasteiger partial charge on any atom is -0.313 e. The van der Waals surface area contributed by atoms with Crippen LogP contribution in [0.1, 0.15) is 15.9 Å². The van der Waals surface area contributed by atoms with Crippen molar-refractivity contribution in [2.75, 3.05) is 0 Å². The number of hydrogen-bond donors (Lipinski definition) is 1. The lowest BCUT2D eigenvalue weighted by Gasteiger charge is -2.12. The van der Waals surface area contributed by atoms with E-state index in [2.05, 4.69) is 31.9 Å². The lowest BCUT2D eigenvalue weighted by molar-refractivity contribution is -0.140. The van der Waals surface area contributed by atoms with Crippen molar-refractivity contribution in [2.45, 2.75) is 12.7 Å². The molecule has 3 aromatic rings. The van der Waals surface area contributed by atoms with Gasteiger partial charge in [-0.2, -0.15) is 13.2 Å². The van der Waals surface area contributed by atoms with Gasteiger partial charge in [-0.05, 0) is 56.1 Å². The van der Waals surface area contributed by atoms with Crippen LogP contribution in [0, 0.1) is 11.2 Å². The standard InChI is InChI=1S/C17H10Br2ClF4N3O/c1-26-14-11(27(16(26)25)6-17(22,23)24)5-9(18)12(13(14)19)15(28)8-4-7(21)2-3-10(8)20/h2-5,25H,6H2,1H3.